The van der Waals surface area contributed by atoms with Gasteiger partial charge in [0.15, 0.2) is 0 Å². The van der Waals surface area contributed by atoms with Crippen LogP contribution in [0.3, 0.4) is 0 Å². The number of aliphatic hydroxyl groups is 1. The molecule has 0 aliphatic heterocycles. The third kappa shape index (κ3) is 1.39. The molecule has 0 heterocycles. The maximum Gasteiger partial charge on any atom is 0.310 e. The zero-order valence-corrected chi connectivity index (χ0v) is 6.90. The summed E-state index contributed by atoms with van der Waals surface area (Å²) < 4.78 is 32.2. The zero-order valence-electron chi connectivity index (χ0n) is 6.09. The van der Waals surface area contributed by atoms with Crippen molar-refractivity contribution in [2.24, 2.45) is 0 Å². The van der Waals surface area contributed by atoms with Crippen molar-refractivity contribution in [2.45, 2.75) is 30.4 Å². The van der Waals surface area contributed by atoms with Crippen LogP contribution in [0, 0.1) is 0 Å². The Balaban J connectivity index is 2.93. The van der Waals surface area contributed by atoms with Crippen LogP contribution in [-0.4, -0.2) is 24.9 Å². The van der Waals surface area contributed by atoms with Crippen LogP contribution in [0.4, 0.5) is 3.89 Å². The average molecular weight is 182 g/mol. The van der Waals surface area contributed by atoms with Gasteiger partial charge in [-0.1, -0.05) is 12.8 Å². The van der Waals surface area contributed by atoms with E-state index >= 15 is 0 Å². The lowest BCUT2D eigenvalue weighted by atomic mass is 10.1. The molecule has 1 aliphatic rings. The molecule has 0 amide bonds. The highest BCUT2D eigenvalue weighted by atomic mass is 32.3. The quantitative estimate of drug-likeness (QED) is 0.636. The predicted molar refractivity (Wildman–Crippen MR) is 38.3 cm³/mol. The second-order valence-corrected chi connectivity index (χ2v) is 4.73. The summed E-state index contributed by atoms with van der Waals surface area (Å²) in [7, 11) is -4.56. The lowest BCUT2D eigenvalue weighted by Crippen LogP contribution is -2.36. The summed E-state index contributed by atoms with van der Waals surface area (Å²) in [6.07, 6.45) is 1.87. The van der Waals surface area contributed by atoms with E-state index in [-0.39, 0.29) is 12.8 Å². The van der Waals surface area contributed by atoms with Gasteiger partial charge in [0.25, 0.3) is 0 Å². The zero-order chi connectivity index (χ0) is 8.54. The monoisotopic (exact) mass is 182 g/mol. The fraction of sp³-hybridized carbons (Fsp3) is 1.00. The van der Waals surface area contributed by atoms with Gasteiger partial charge >= 0.3 is 10.2 Å². The molecule has 11 heavy (non-hydrogen) atoms. The lowest BCUT2D eigenvalue weighted by Gasteiger charge is -2.20. The molecule has 0 bridgehead atoms. The summed E-state index contributed by atoms with van der Waals surface area (Å²) in [4.78, 5) is 0. The standard InChI is InChI=1S/C6H11FO3S/c7-11(9,10)6(5-8)3-1-2-4-6/h8H,1-5H2. The van der Waals surface area contributed by atoms with Gasteiger partial charge in [-0.3, -0.25) is 0 Å². The van der Waals surface area contributed by atoms with E-state index in [1.54, 1.807) is 0 Å². The van der Waals surface area contributed by atoms with Crippen LogP contribution in [-0.2, 0) is 10.2 Å². The first kappa shape index (κ1) is 8.93. The van der Waals surface area contributed by atoms with E-state index in [9.17, 15) is 12.3 Å². The molecular formula is C6H11FO3S. The fourth-order valence-electron chi connectivity index (χ4n) is 1.50. The van der Waals surface area contributed by atoms with Crippen molar-refractivity contribution in [3.63, 3.8) is 0 Å². The number of aliphatic hydroxyl groups excluding tert-OH is 1. The van der Waals surface area contributed by atoms with Crippen molar-refractivity contribution in [3.8, 4) is 0 Å². The molecule has 5 heteroatoms. The first-order valence-electron chi connectivity index (χ1n) is 3.57. The third-order valence-electron chi connectivity index (χ3n) is 2.32. The van der Waals surface area contributed by atoms with E-state index in [1.165, 1.54) is 0 Å². The molecule has 0 aromatic rings. The number of halogens is 1. The molecule has 0 aromatic heterocycles. The summed E-state index contributed by atoms with van der Waals surface area (Å²) in [6, 6.07) is 0. The molecule has 0 unspecified atom stereocenters. The van der Waals surface area contributed by atoms with Crippen LogP contribution >= 0.6 is 0 Å². The number of hydrogen-bond donors (Lipinski definition) is 1. The Morgan fingerprint density at radius 2 is 1.82 bits per heavy atom. The topological polar surface area (TPSA) is 54.4 Å². The molecule has 0 radical (unpaired) electrons. The molecule has 1 fully saturated rings. The van der Waals surface area contributed by atoms with Gasteiger partial charge < -0.3 is 5.11 Å². The smallest absolute Gasteiger partial charge is 0.310 e. The lowest BCUT2D eigenvalue weighted by molar-refractivity contribution is 0.238. The molecule has 0 atom stereocenters. The van der Waals surface area contributed by atoms with Gasteiger partial charge in [-0.05, 0) is 12.8 Å². The molecule has 1 rings (SSSR count). The molecule has 0 spiro atoms. The average Bonchev–Trinajstić information content (AvgIpc) is 2.33. The number of hydrogen-bond acceptors (Lipinski definition) is 3. The molecule has 1 N–H and O–H groups in total. The van der Waals surface area contributed by atoms with E-state index in [1.807, 2.05) is 0 Å². The molecule has 1 saturated carbocycles. The van der Waals surface area contributed by atoms with Gasteiger partial charge in [0.2, 0.25) is 0 Å². The minimum atomic E-state index is -4.56. The van der Waals surface area contributed by atoms with Crippen molar-refractivity contribution >= 4 is 10.2 Å². The Morgan fingerprint density at radius 1 is 1.36 bits per heavy atom. The predicted octanol–water partition coefficient (Wildman–Crippen LogP) is 0.591. The Bertz CT molecular complexity index is 228. The highest BCUT2D eigenvalue weighted by Gasteiger charge is 2.45. The molecule has 1 aliphatic carbocycles. The van der Waals surface area contributed by atoms with E-state index < -0.39 is 21.6 Å². The van der Waals surface area contributed by atoms with Crippen molar-refractivity contribution < 1.29 is 17.4 Å². The van der Waals surface area contributed by atoms with Crippen molar-refractivity contribution in [2.75, 3.05) is 6.61 Å². The van der Waals surface area contributed by atoms with Crippen molar-refractivity contribution in [1.29, 1.82) is 0 Å². The molecule has 3 nitrogen and oxygen atoms in total. The highest BCUT2D eigenvalue weighted by molar-refractivity contribution is 7.87. The van der Waals surface area contributed by atoms with Gasteiger partial charge in [0, 0.05) is 0 Å². The van der Waals surface area contributed by atoms with Gasteiger partial charge in [-0.15, -0.1) is 3.89 Å². The minimum Gasteiger partial charge on any atom is -0.395 e. The third-order valence-corrected chi connectivity index (χ3v) is 3.89. The van der Waals surface area contributed by atoms with Crippen LogP contribution in [0.15, 0.2) is 0 Å². The molecular weight excluding hydrogens is 171 g/mol. The van der Waals surface area contributed by atoms with E-state index in [2.05, 4.69) is 0 Å². The SMILES string of the molecule is O=S(=O)(F)C1(CO)CCCC1. The molecule has 0 aromatic carbocycles. The first-order chi connectivity index (χ1) is 5.02. The summed E-state index contributed by atoms with van der Waals surface area (Å²) in [5.74, 6) is 0. The van der Waals surface area contributed by atoms with Crippen LogP contribution in [0.5, 0.6) is 0 Å². The molecule has 0 saturated heterocycles. The van der Waals surface area contributed by atoms with E-state index in [0.717, 1.165) is 0 Å². The first-order valence-corrected chi connectivity index (χ1v) is 4.95. The number of rotatable bonds is 2. The van der Waals surface area contributed by atoms with Gasteiger partial charge in [-0.25, -0.2) is 0 Å². The van der Waals surface area contributed by atoms with Crippen molar-refractivity contribution in [3.05, 3.63) is 0 Å². The molecule has 66 valence electrons. The van der Waals surface area contributed by atoms with E-state index in [0.29, 0.717) is 12.8 Å². The second-order valence-electron chi connectivity index (χ2n) is 2.99. The Kier molecular flexibility index (Phi) is 2.20. The Labute approximate surface area is 65.4 Å². The normalized spacial score (nSPS) is 23.8. The fourth-order valence-corrected chi connectivity index (χ4v) is 2.43. The second kappa shape index (κ2) is 2.71. The highest BCUT2D eigenvalue weighted by Crippen LogP contribution is 2.37. The van der Waals surface area contributed by atoms with Crippen LogP contribution in [0.25, 0.3) is 0 Å². The Hall–Kier alpha value is -0.160. The summed E-state index contributed by atoms with van der Waals surface area (Å²) in [6.45, 7) is -0.591. The maximum atomic E-state index is 12.6. The van der Waals surface area contributed by atoms with Gasteiger partial charge in [0.1, 0.15) is 4.75 Å². The summed E-state index contributed by atoms with van der Waals surface area (Å²) >= 11 is 0. The summed E-state index contributed by atoms with van der Waals surface area (Å²) in [5, 5.41) is 8.73. The van der Waals surface area contributed by atoms with Gasteiger partial charge in [-0.2, -0.15) is 8.42 Å². The summed E-state index contributed by atoms with van der Waals surface area (Å²) in [5.41, 5.74) is 0. The van der Waals surface area contributed by atoms with Crippen LogP contribution < -0.4 is 0 Å². The van der Waals surface area contributed by atoms with Gasteiger partial charge in [0.05, 0.1) is 6.61 Å². The van der Waals surface area contributed by atoms with Crippen LogP contribution in [0.1, 0.15) is 25.7 Å². The largest absolute Gasteiger partial charge is 0.395 e. The van der Waals surface area contributed by atoms with E-state index in [4.69, 9.17) is 5.11 Å². The Morgan fingerprint density at radius 3 is 2.00 bits per heavy atom. The van der Waals surface area contributed by atoms with Crippen molar-refractivity contribution in [1.82, 2.24) is 0 Å². The van der Waals surface area contributed by atoms with Crippen LogP contribution in [0.2, 0.25) is 0 Å². The maximum absolute atomic E-state index is 12.6. The minimum absolute atomic E-state index is 0.252.